The molecule has 13 heteroatoms. The minimum absolute atomic E-state index is 0.0292. The van der Waals surface area contributed by atoms with Crippen LogP contribution in [0.1, 0.15) is 17.3 Å². The minimum atomic E-state index is -1.62. The summed E-state index contributed by atoms with van der Waals surface area (Å²) >= 11 is 3.27. The van der Waals surface area contributed by atoms with Gasteiger partial charge in [0.15, 0.2) is 17.5 Å². The van der Waals surface area contributed by atoms with Crippen molar-refractivity contribution < 1.29 is 33.2 Å². The first-order valence-electron chi connectivity index (χ1n) is 9.97. The predicted molar refractivity (Wildman–Crippen MR) is 112 cm³/mol. The highest BCUT2D eigenvalue weighted by atomic mass is 79.9. The monoisotopic (exact) mass is 539 g/mol. The molecule has 0 radical (unpaired) electrons. The zero-order valence-electron chi connectivity index (χ0n) is 17.2. The number of hydrogen-bond acceptors (Lipinski definition) is 8. The van der Waals surface area contributed by atoms with E-state index in [1.165, 1.54) is 12.4 Å². The Kier molecular flexibility index (Phi) is 6.96. The molecule has 1 aliphatic heterocycles. The van der Waals surface area contributed by atoms with Crippen LogP contribution in [0, 0.1) is 28.8 Å². The average molecular weight is 540 g/mol. The number of aliphatic hydroxyl groups excluding tert-OH is 3. The highest BCUT2D eigenvalue weighted by Crippen LogP contribution is 2.33. The van der Waals surface area contributed by atoms with Crippen LogP contribution in [0.4, 0.5) is 13.2 Å². The molecule has 1 aromatic carbocycles. The third kappa shape index (κ3) is 4.55. The van der Waals surface area contributed by atoms with Crippen molar-refractivity contribution in [3.63, 3.8) is 0 Å². The number of ether oxygens (including phenoxy) is 1. The smallest absolute Gasteiger partial charge is 0.194 e. The molecule has 34 heavy (non-hydrogen) atoms. The zero-order valence-corrected chi connectivity index (χ0v) is 18.8. The number of aromatic nitrogens is 4. The van der Waals surface area contributed by atoms with E-state index in [4.69, 9.17) is 10.00 Å². The van der Waals surface area contributed by atoms with Gasteiger partial charge in [0.05, 0.1) is 24.5 Å². The molecule has 3 aromatic rings. The first kappa shape index (κ1) is 24.2. The van der Waals surface area contributed by atoms with Crippen LogP contribution in [-0.4, -0.2) is 66.3 Å². The molecule has 0 bridgehead atoms. The van der Waals surface area contributed by atoms with Gasteiger partial charge >= 0.3 is 0 Å². The van der Waals surface area contributed by atoms with Crippen molar-refractivity contribution in [1.29, 1.82) is 5.26 Å². The van der Waals surface area contributed by atoms with E-state index in [-0.39, 0.29) is 17.7 Å². The van der Waals surface area contributed by atoms with E-state index < -0.39 is 54.5 Å². The number of benzene rings is 1. The van der Waals surface area contributed by atoms with E-state index in [9.17, 15) is 28.5 Å². The largest absolute Gasteiger partial charge is 0.394 e. The van der Waals surface area contributed by atoms with Gasteiger partial charge in [-0.3, -0.25) is 4.98 Å². The Balaban J connectivity index is 1.63. The van der Waals surface area contributed by atoms with Crippen molar-refractivity contribution >= 4 is 15.9 Å². The number of aliphatic hydroxyl groups is 3. The fourth-order valence-corrected chi connectivity index (χ4v) is 4.24. The number of pyridine rings is 1. The molecule has 178 valence electrons. The van der Waals surface area contributed by atoms with Crippen molar-refractivity contribution in [2.75, 3.05) is 6.61 Å². The summed E-state index contributed by atoms with van der Waals surface area (Å²) in [5.41, 5.74) is 0.663. The number of halogens is 4. The average Bonchev–Trinajstić information content (AvgIpc) is 3.29. The van der Waals surface area contributed by atoms with Crippen LogP contribution in [0.3, 0.4) is 0 Å². The minimum Gasteiger partial charge on any atom is -0.394 e. The molecule has 1 fully saturated rings. The van der Waals surface area contributed by atoms with Gasteiger partial charge in [-0.1, -0.05) is 5.21 Å². The van der Waals surface area contributed by atoms with Crippen LogP contribution < -0.4 is 0 Å². The standard InChI is InChI=1S/C21H17BrF3N5O4/c22-12-3-11(27-6-10(12)5-26)4-16-20(32)19(21(33)17(8-31)34-16)30-7-15(28-29-30)9-1-13(23)18(25)14(24)2-9/h1-3,6-7,16-17,19-21,31-33H,4,8H2/t16-,17?,19-,20?,21+/m1/s1. The van der Waals surface area contributed by atoms with Gasteiger partial charge in [0.1, 0.15) is 36.1 Å². The lowest BCUT2D eigenvalue weighted by molar-refractivity contribution is -0.205. The van der Waals surface area contributed by atoms with Gasteiger partial charge < -0.3 is 20.1 Å². The third-order valence-electron chi connectivity index (χ3n) is 5.53. The van der Waals surface area contributed by atoms with Crippen LogP contribution in [0.25, 0.3) is 11.3 Å². The van der Waals surface area contributed by atoms with Crippen molar-refractivity contribution in [3.05, 3.63) is 63.8 Å². The molecule has 3 N–H and O–H groups in total. The maximum Gasteiger partial charge on any atom is 0.194 e. The van der Waals surface area contributed by atoms with Crippen LogP contribution in [0.15, 0.2) is 35.1 Å². The summed E-state index contributed by atoms with van der Waals surface area (Å²) < 4.78 is 47.8. The number of hydrogen-bond donors (Lipinski definition) is 3. The molecular weight excluding hydrogens is 523 g/mol. The van der Waals surface area contributed by atoms with Crippen molar-refractivity contribution in [2.45, 2.75) is 36.9 Å². The summed E-state index contributed by atoms with van der Waals surface area (Å²) in [5.74, 6) is -4.43. The fourth-order valence-electron chi connectivity index (χ4n) is 3.79. The van der Waals surface area contributed by atoms with Crippen molar-refractivity contribution in [1.82, 2.24) is 20.0 Å². The highest BCUT2D eigenvalue weighted by molar-refractivity contribution is 9.10. The summed E-state index contributed by atoms with van der Waals surface area (Å²) in [6, 6.07) is 3.91. The van der Waals surface area contributed by atoms with E-state index in [0.29, 0.717) is 15.7 Å². The zero-order chi connectivity index (χ0) is 24.6. The lowest BCUT2D eigenvalue weighted by atomic mass is 9.90. The quantitative estimate of drug-likeness (QED) is 0.416. The molecule has 1 aliphatic rings. The Morgan fingerprint density at radius 1 is 1.12 bits per heavy atom. The second kappa shape index (κ2) is 9.77. The van der Waals surface area contributed by atoms with E-state index in [1.807, 2.05) is 6.07 Å². The highest BCUT2D eigenvalue weighted by Gasteiger charge is 2.46. The molecule has 2 unspecified atom stereocenters. The molecule has 9 nitrogen and oxygen atoms in total. The van der Waals surface area contributed by atoms with Crippen LogP contribution >= 0.6 is 15.9 Å². The van der Waals surface area contributed by atoms with E-state index in [0.717, 1.165) is 16.8 Å². The van der Waals surface area contributed by atoms with Crippen molar-refractivity contribution in [2.24, 2.45) is 0 Å². The molecule has 0 aliphatic carbocycles. The normalized spacial score (nSPS) is 24.7. The van der Waals surface area contributed by atoms with Gasteiger partial charge in [-0.15, -0.1) is 5.10 Å². The van der Waals surface area contributed by atoms with Crippen LogP contribution in [0.5, 0.6) is 0 Å². The van der Waals surface area contributed by atoms with Crippen LogP contribution in [0.2, 0.25) is 0 Å². The third-order valence-corrected chi connectivity index (χ3v) is 6.18. The summed E-state index contributed by atoms with van der Waals surface area (Å²) in [4.78, 5) is 4.17. The molecule has 0 amide bonds. The Labute approximate surface area is 199 Å². The number of rotatable bonds is 5. The van der Waals surface area contributed by atoms with Gasteiger partial charge in [0.25, 0.3) is 0 Å². The molecule has 3 heterocycles. The Morgan fingerprint density at radius 3 is 2.41 bits per heavy atom. The molecule has 0 saturated carbocycles. The lowest BCUT2D eigenvalue weighted by Gasteiger charge is -2.42. The maximum absolute atomic E-state index is 13.6. The van der Waals surface area contributed by atoms with Crippen molar-refractivity contribution in [3.8, 4) is 17.3 Å². The summed E-state index contributed by atoms with van der Waals surface area (Å²) in [7, 11) is 0. The Hall–Kier alpha value is -2.89. The van der Waals surface area contributed by atoms with Gasteiger partial charge in [-0.05, 0) is 34.1 Å². The Bertz CT molecular complexity index is 1230. The predicted octanol–water partition coefficient (Wildman–Crippen LogP) is 1.66. The number of nitrogens with zero attached hydrogens (tertiary/aromatic N) is 5. The van der Waals surface area contributed by atoms with Gasteiger partial charge in [0.2, 0.25) is 0 Å². The van der Waals surface area contributed by atoms with Gasteiger partial charge in [-0.2, -0.15) is 5.26 Å². The molecule has 2 aromatic heterocycles. The SMILES string of the molecule is N#Cc1cnc(C[C@H]2OC(CO)[C@H](O)[C@H](n3cc(-c4cc(F)c(F)c(F)c4)nn3)C2O)cc1Br. The molecule has 4 rings (SSSR count). The van der Waals surface area contributed by atoms with Gasteiger partial charge in [0, 0.05) is 28.3 Å². The molecule has 0 spiro atoms. The van der Waals surface area contributed by atoms with E-state index in [2.05, 4.69) is 31.2 Å². The second-order valence-electron chi connectivity index (χ2n) is 7.68. The van der Waals surface area contributed by atoms with Crippen LogP contribution in [-0.2, 0) is 11.2 Å². The molecular formula is C21H17BrF3N5O4. The maximum atomic E-state index is 13.6. The fraction of sp³-hybridized carbons (Fsp3) is 0.333. The Morgan fingerprint density at radius 2 is 1.79 bits per heavy atom. The first-order valence-corrected chi connectivity index (χ1v) is 10.8. The topological polar surface area (TPSA) is 137 Å². The summed E-state index contributed by atoms with van der Waals surface area (Å²) in [6.45, 7) is -0.568. The molecule has 5 atom stereocenters. The van der Waals surface area contributed by atoms with E-state index >= 15 is 0 Å². The van der Waals surface area contributed by atoms with E-state index in [1.54, 1.807) is 6.07 Å². The van der Waals surface area contributed by atoms with Gasteiger partial charge in [-0.25, -0.2) is 17.9 Å². The first-order chi connectivity index (χ1) is 16.2. The lowest BCUT2D eigenvalue weighted by Crippen LogP contribution is -2.56. The summed E-state index contributed by atoms with van der Waals surface area (Å²) in [6.07, 6.45) is -2.13. The number of nitriles is 1. The molecule has 1 saturated heterocycles. The second-order valence-corrected chi connectivity index (χ2v) is 8.53. The summed E-state index contributed by atoms with van der Waals surface area (Å²) in [5, 5.41) is 48.1.